The van der Waals surface area contributed by atoms with Gasteiger partial charge >= 0.3 is 0 Å². The molecule has 1 nitrogen and oxygen atoms in total. The fourth-order valence-electron chi connectivity index (χ4n) is 1.09. The first kappa shape index (κ1) is 9.80. The molecule has 0 amide bonds. The van der Waals surface area contributed by atoms with Crippen molar-refractivity contribution in [1.29, 1.82) is 0 Å². The zero-order chi connectivity index (χ0) is 9.35. The molecule has 0 aliphatic heterocycles. The van der Waals surface area contributed by atoms with E-state index in [-0.39, 0.29) is 0 Å². The summed E-state index contributed by atoms with van der Waals surface area (Å²) in [5.41, 5.74) is 0. The first-order chi connectivity index (χ1) is 5.41. The third kappa shape index (κ3) is 2.11. The normalized spacial score (nSPS) is 11.7. The maximum atomic E-state index is 9.30. The predicted molar refractivity (Wildman–Crippen MR) is 58.8 cm³/mol. The van der Waals surface area contributed by atoms with Crippen LogP contribution >= 0.6 is 15.9 Å². The van der Waals surface area contributed by atoms with Crippen LogP contribution in [0.4, 0.5) is 0 Å². The van der Waals surface area contributed by atoms with E-state index in [2.05, 4.69) is 35.6 Å². The van der Waals surface area contributed by atoms with Crippen molar-refractivity contribution in [2.45, 2.75) is 19.6 Å². The van der Waals surface area contributed by atoms with E-state index in [0.29, 0.717) is 5.75 Å². The average Bonchev–Trinajstić information content (AvgIpc) is 1.92. The maximum absolute atomic E-state index is 9.30. The molecule has 1 N–H and O–H groups in total. The maximum Gasteiger partial charge on any atom is 0.115 e. The van der Waals surface area contributed by atoms with E-state index >= 15 is 0 Å². The van der Waals surface area contributed by atoms with E-state index in [0.717, 1.165) is 4.47 Å². The molecule has 1 aromatic carbocycles. The van der Waals surface area contributed by atoms with Crippen molar-refractivity contribution >= 4 is 29.2 Å². The average molecular weight is 245 g/mol. The second kappa shape index (κ2) is 3.22. The Balaban J connectivity index is 3.23. The Kier molecular flexibility index (Phi) is 2.63. The lowest BCUT2D eigenvalue weighted by molar-refractivity contribution is 0.475. The Bertz CT molecular complexity index is 291. The highest BCUT2D eigenvalue weighted by molar-refractivity contribution is 9.10. The minimum Gasteiger partial charge on any atom is -0.508 e. The van der Waals surface area contributed by atoms with Crippen molar-refractivity contribution in [1.82, 2.24) is 0 Å². The summed E-state index contributed by atoms with van der Waals surface area (Å²) in [5, 5.41) is 10.6. The van der Waals surface area contributed by atoms with Crippen LogP contribution < -0.4 is 5.19 Å². The molecule has 0 heterocycles. The minimum atomic E-state index is -1.32. The summed E-state index contributed by atoms with van der Waals surface area (Å²) in [5.74, 6) is 0.357. The summed E-state index contributed by atoms with van der Waals surface area (Å²) >= 11 is 3.49. The lowest BCUT2D eigenvalue weighted by Crippen LogP contribution is -2.38. The Morgan fingerprint density at radius 3 is 2.25 bits per heavy atom. The van der Waals surface area contributed by atoms with Crippen molar-refractivity contribution in [3.63, 3.8) is 0 Å². The van der Waals surface area contributed by atoms with Gasteiger partial charge in [-0.05, 0) is 23.4 Å². The fourth-order valence-corrected chi connectivity index (χ4v) is 4.50. The fraction of sp³-hybridized carbons (Fsp3) is 0.333. The van der Waals surface area contributed by atoms with E-state index in [9.17, 15) is 5.11 Å². The zero-order valence-electron chi connectivity index (χ0n) is 7.56. The number of benzene rings is 1. The van der Waals surface area contributed by atoms with Crippen molar-refractivity contribution < 1.29 is 5.11 Å². The van der Waals surface area contributed by atoms with Crippen molar-refractivity contribution in [3.8, 4) is 5.75 Å². The molecule has 0 radical (unpaired) electrons. The van der Waals surface area contributed by atoms with Gasteiger partial charge in [0.25, 0.3) is 0 Å². The first-order valence-electron chi connectivity index (χ1n) is 3.90. The molecule has 0 unspecified atom stereocenters. The summed E-state index contributed by atoms with van der Waals surface area (Å²) in [7, 11) is -1.32. The number of phenols is 1. The van der Waals surface area contributed by atoms with Gasteiger partial charge in [0.15, 0.2) is 0 Å². The van der Waals surface area contributed by atoms with E-state index in [4.69, 9.17) is 0 Å². The quantitative estimate of drug-likeness (QED) is 0.754. The molecule has 1 rings (SSSR count). The van der Waals surface area contributed by atoms with Crippen LogP contribution in [0.15, 0.2) is 22.7 Å². The molecule has 3 heteroatoms. The Morgan fingerprint density at radius 2 is 1.83 bits per heavy atom. The summed E-state index contributed by atoms with van der Waals surface area (Å²) in [6.45, 7) is 6.77. The summed E-state index contributed by atoms with van der Waals surface area (Å²) in [6.07, 6.45) is 0. The second-order valence-corrected chi connectivity index (χ2v) is 9.81. The Hall–Kier alpha value is -0.283. The number of hydrogen-bond acceptors (Lipinski definition) is 1. The number of phenolic OH excluding ortho intramolecular Hbond substituents is 1. The van der Waals surface area contributed by atoms with Crippen LogP contribution in [-0.2, 0) is 0 Å². The lowest BCUT2D eigenvalue weighted by atomic mass is 10.3. The van der Waals surface area contributed by atoms with Crippen LogP contribution in [0, 0.1) is 0 Å². The molecular formula is C9H13BrOSi. The van der Waals surface area contributed by atoms with E-state index in [1.165, 1.54) is 5.19 Å². The van der Waals surface area contributed by atoms with Crippen molar-refractivity contribution in [2.24, 2.45) is 0 Å². The van der Waals surface area contributed by atoms with Crippen LogP contribution in [0.25, 0.3) is 0 Å². The largest absolute Gasteiger partial charge is 0.508 e. The zero-order valence-corrected chi connectivity index (χ0v) is 10.1. The number of hydrogen-bond donors (Lipinski definition) is 1. The van der Waals surface area contributed by atoms with Gasteiger partial charge in [-0.3, -0.25) is 0 Å². The van der Waals surface area contributed by atoms with E-state index in [1.54, 1.807) is 6.07 Å². The minimum absolute atomic E-state index is 0.357. The predicted octanol–water partition coefficient (Wildman–Crippen LogP) is 2.70. The highest BCUT2D eigenvalue weighted by Gasteiger charge is 2.19. The molecule has 12 heavy (non-hydrogen) atoms. The number of aromatic hydroxyl groups is 1. The van der Waals surface area contributed by atoms with E-state index in [1.807, 2.05) is 12.1 Å². The molecule has 0 aliphatic carbocycles. The molecule has 0 atom stereocenters. The molecular weight excluding hydrogens is 232 g/mol. The topological polar surface area (TPSA) is 20.2 Å². The van der Waals surface area contributed by atoms with Gasteiger partial charge < -0.3 is 5.11 Å². The number of rotatable bonds is 1. The summed E-state index contributed by atoms with van der Waals surface area (Å²) in [6, 6.07) is 5.47. The molecule has 0 saturated heterocycles. The first-order valence-corrected chi connectivity index (χ1v) is 8.19. The van der Waals surface area contributed by atoms with Gasteiger partial charge in [0, 0.05) is 4.47 Å². The van der Waals surface area contributed by atoms with Gasteiger partial charge in [0.2, 0.25) is 0 Å². The van der Waals surface area contributed by atoms with Gasteiger partial charge in [-0.15, -0.1) is 0 Å². The third-order valence-corrected chi connectivity index (χ3v) is 4.85. The number of halogens is 1. The SMILES string of the molecule is C[Si](C)(C)c1cc(O)ccc1Br. The summed E-state index contributed by atoms with van der Waals surface area (Å²) in [4.78, 5) is 0. The summed E-state index contributed by atoms with van der Waals surface area (Å²) < 4.78 is 1.11. The van der Waals surface area contributed by atoms with Crippen LogP contribution in [-0.4, -0.2) is 13.2 Å². The van der Waals surface area contributed by atoms with Crippen molar-refractivity contribution in [3.05, 3.63) is 22.7 Å². The lowest BCUT2D eigenvalue weighted by Gasteiger charge is -2.18. The highest BCUT2D eigenvalue weighted by atomic mass is 79.9. The third-order valence-electron chi connectivity index (χ3n) is 1.76. The van der Waals surface area contributed by atoms with Crippen LogP contribution in [0.1, 0.15) is 0 Å². The Labute approximate surface area is 82.6 Å². The standard InChI is InChI=1S/C9H13BrOSi/c1-12(2,3)9-6-7(11)4-5-8(9)10/h4-6,11H,1-3H3. The van der Waals surface area contributed by atoms with Crippen LogP contribution in [0.5, 0.6) is 5.75 Å². The molecule has 1 aromatic rings. The monoisotopic (exact) mass is 244 g/mol. The van der Waals surface area contributed by atoms with Gasteiger partial charge in [0.1, 0.15) is 5.75 Å². The van der Waals surface area contributed by atoms with Crippen LogP contribution in [0.2, 0.25) is 19.6 Å². The van der Waals surface area contributed by atoms with Gasteiger partial charge in [0.05, 0.1) is 8.07 Å². The Morgan fingerprint density at radius 1 is 1.25 bits per heavy atom. The second-order valence-electron chi connectivity index (χ2n) is 3.91. The van der Waals surface area contributed by atoms with Crippen LogP contribution in [0.3, 0.4) is 0 Å². The van der Waals surface area contributed by atoms with Crippen molar-refractivity contribution in [2.75, 3.05) is 0 Å². The van der Waals surface area contributed by atoms with E-state index < -0.39 is 8.07 Å². The molecule has 0 bridgehead atoms. The molecule has 0 aromatic heterocycles. The molecule has 0 aliphatic rings. The smallest absolute Gasteiger partial charge is 0.115 e. The van der Waals surface area contributed by atoms with Gasteiger partial charge in [-0.1, -0.05) is 35.6 Å². The molecule has 0 fully saturated rings. The van der Waals surface area contributed by atoms with Gasteiger partial charge in [-0.2, -0.15) is 0 Å². The molecule has 0 saturated carbocycles. The molecule has 0 spiro atoms. The highest BCUT2D eigenvalue weighted by Crippen LogP contribution is 2.17. The molecule has 66 valence electrons. The van der Waals surface area contributed by atoms with Gasteiger partial charge in [-0.25, -0.2) is 0 Å².